The van der Waals surface area contributed by atoms with Crippen molar-refractivity contribution in [3.63, 3.8) is 0 Å². The van der Waals surface area contributed by atoms with Gasteiger partial charge in [-0.1, -0.05) is 6.07 Å². The molecule has 0 fully saturated rings. The van der Waals surface area contributed by atoms with Crippen LogP contribution in [-0.2, 0) is 13.0 Å². The molecule has 0 saturated heterocycles. The van der Waals surface area contributed by atoms with Crippen LogP contribution < -0.4 is 5.32 Å². The Kier molecular flexibility index (Phi) is 5.36. The minimum atomic E-state index is 0.893. The molecule has 2 rings (SSSR count). The van der Waals surface area contributed by atoms with Crippen LogP contribution in [0.2, 0.25) is 0 Å². The third-order valence-corrected chi connectivity index (χ3v) is 3.89. The molecule has 4 heteroatoms. The fourth-order valence-corrected chi connectivity index (χ4v) is 2.69. The summed E-state index contributed by atoms with van der Waals surface area (Å²) in [4.78, 5) is 8.19. The Balaban J connectivity index is 1.84. The third kappa shape index (κ3) is 4.65. The maximum absolute atomic E-state index is 4.43. The number of nitrogens with zero attached hydrogens (tertiary/aromatic N) is 2. The zero-order chi connectivity index (χ0) is 13.5. The first kappa shape index (κ1) is 14.0. The number of rotatable bonds is 7. The third-order valence-electron chi connectivity index (χ3n) is 2.95. The van der Waals surface area contributed by atoms with Crippen LogP contribution in [0.25, 0.3) is 0 Å². The average molecular weight is 275 g/mol. The Morgan fingerprint density at radius 3 is 3.00 bits per heavy atom. The van der Waals surface area contributed by atoms with E-state index in [2.05, 4.69) is 52.8 Å². The second kappa shape index (κ2) is 7.26. The van der Waals surface area contributed by atoms with Crippen molar-refractivity contribution < 1.29 is 0 Å². The lowest BCUT2D eigenvalue weighted by molar-refractivity contribution is 0.328. The molecule has 2 heterocycles. The van der Waals surface area contributed by atoms with Gasteiger partial charge in [-0.25, -0.2) is 0 Å². The normalized spacial score (nSPS) is 10.9. The molecule has 0 spiro atoms. The van der Waals surface area contributed by atoms with Crippen molar-refractivity contribution in [3.8, 4) is 0 Å². The standard InChI is InChI=1S/C15H21N3S/c1-3-16-13-6-8-17-14(11-13)12-18(2)9-7-15-5-4-10-19-15/h4-6,8,10-11H,3,7,9,12H2,1-2H3,(H,16,17). The molecule has 1 N–H and O–H groups in total. The van der Waals surface area contributed by atoms with Crippen molar-refractivity contribution in [1.29, 1.82) is 0 Å². The quantitative estimate of drug-likeness (QED) is 0.840. The van der Waals surface area contributed by atoms with Crippen molar-refractivity contribution in [2.24, 2.45) is 0 Å². The van der Waals surface area contributed by atoms with Crippen molar-refractivity contribution in [1.82, 2.24) is 9.88 Å². The zero-order valence-corrected chi connectivity index (χ0v) is 12.4. The van der Waals surface area contributed by atoms with Crippen LogP contribution in [-0.4, -0.2) is 30.0 Å². The van der Waals surface area contributed by atoms with Crippen molar-refractivity contribution >= 4 is 17.0 Å². The molecule has 0 aliphatic rings. The Morgan fingerprint density at radius 1 is 1.37 bits per heavy atom. The van der Waals surface area contributed by atoms with Gasteiger partial charge in [0.05, 0.1) is 5.69 Å². The first-order valence-electron chi connectivity index (χ1n) is 6.67. The summed E-state index contributed by atoms with van der Waals surface area (Å²) in [6, 6.07) is 8.45. The van der Waals surface area contributed by atoms with E-state index in [9.17, 15) is 0 Å². The van der Waals surface area contributed by atoms with Crippen LogP contribution >= 0.6 is 11.3 Å². The van der Waals surface area contributed by atoms with E-state index >= 15 is 0 Å². The van der Waals surface area contributed by atoms with Gasteiger partial charge in [0.25, 0.3) is 0 Å². The van der Waals surface area contributed by atoms with Crippen LogP contribution in [0.15, 0.2) is 35.8 Å². The number of anilines is 1. The molecule has 2 aromatic rings. The van der Waals surface area contributed by atoms with E-state index in [1.807, 2.05) is 23.6 Å². The number of thiophene rings is 1. The highest BCUT2D eigenvalue weighted by molar-refractivity contribution is 7.09. The van der Waals surface area contributed by atoms with E-state index in [1.54, 1.807) is 0 Å². The molecule has 0 radical (unpaired) electrons. The monoisotopic (exact) mass is 275 g/mol. The molecule has 0 saturated carbocycles. The SMILES string of the molecule is CCNc1ccnc(CN(C)CCc2cccs2)c1. The summed E-state index contributed by atoms with van der Waals surface area (Å²) in [5, 5.41) is 5.45. The lowest BCUT2D eigenvalue weighted by Gasteiger charge is -2.16. The second-order valence-corrected chi connectivity index (χ2v) is 5.67. The Labute approximate surface area is 119 Å². The smallest absolute Gasteiger partial charge is 0.0564 e. The van der Waals surface area contributed by atoms with Crippen molar-refractivity contribution in [3.05, 3.63) is 46.4 Å². The fraction of sp³-hybridized carbons (Fsp3) is 0.400. The first-order valence-corrected chi connectivity index (χ1v) is 7.55. The molecule has 102 valence electrons. The molecule has 0 unspecified atom stereocenters. The van der Waals surface area contributed by atoms with Gasteiger partial charge in [-0.15, -0.1) is 11.3 Å². The largest absolute Gasteiger partial charge is 0.385 e. The number of nitrogens with one attached hydrogen (secondary N) is 1. The van der Waals surface area contributed by atoms with E-state index in [0.29, 0.717) is 0 Å². The van der Waals surface area contributed by atoms with Gasteiger partial charge in [-0.3, -0.25) is 4.98 Å². The van der Waals surface area contributed by atoms with E-state index in [0.717, 1.165) is 37.4 Å². The molecule has 0 bridgehead atoms. The van der Waals surface area contributed by atoms with Gasteiger partial charge in [0.15, 0.2) is 0 Å². The zero-order valence-electron chi connectivity index (χ0n) is 11.6. The predicted molar refractivity (Wildman–Crippen MR) is 82.8 cm³/mol. The average Bonchev–Trinajstić information content (AvgIpc) is 2.90. The van der Waals surface area contributed by atoms with Gasteiger partial charge in [0.2, 0.25) is 0 Å². The Bertz CT molecular complexity index is 482. The molecule has 19 heavy (non-hydrogen) atoms. The highest BCUT2D eigenvalue weighted by Crippen LogP contribution is 2.12. The lowest BCUT2D eigenvalue weighted by Crippen LogP contribution is -2.21. The summed E-state index contributed by atoms with van der Waals surface area (Å²) in [5.41, 5.74) is 2.27. The summed E-state index contributed by atoms with van der Waals surface area (Å²) in [6.07, 6.45) is 2.99. The number of hydrogen-bond acceptors (Lipinski definition) is 4. The Morgan fingerprint density at radius 2 is 2.26 bits per heavy atom. The van der Waals surface area contributed by atoms with Crippen LogP contribution in [0.4, 0.5) is 5.69 Å². The predicted octanol–water partition coefficient (Wildman–Crippen LogP) is 3.25. The number of pyridine rings is 1. The maximum Gasteiger partial charge on any atom is 0.0564 e. The van der Waals surface area contributed by atoms with Gasteiger partial charge in [0, 0.05) is 36.4 Å². The lowest BCUT2D eigenvalue weighted by atomic mass is 10.2. The molecule has 0 aliphatic carbocycles. The summed E-state index contributed by atoms with van der Waals surface area (Å²) in [6.45, 7) is 5.00. The summed E-state index contributed by atoms with van der Waals surface area (Å²) in [7, 11) is 2.15. The van der Waals surface area contributed by atoms with E-state index in [4.69, 9.17) is 0 Å². The highest BCUT2D eigenvalue weighted by Gasteiger charge is 2.03. The molecule has 0 aromatic carbocycles. The molecule has 0 atom stereocenters. The minimum absolute atomic E-state index is 0.893. The van der Waals surface area contributed by atoms with Gasteiger partial charge in [0.1, 0.15) is 0 Å². The number of likely N-dealkylation sites (N-methyl/N-ethyl adjacent to an activating group) is 1. The maximum atomic E-state index is 4.43. The van der Waals surface area contributed by atoms with Gasteiger partial charge in [-0.05, 0) is 44.0 Å². The van der Waals surface area contributed by atoms with Gasteiger partial charge >= 0.3 is 0 Å². The molecule has 3 nitrogen and oxygen atoms in total. The molecular formula is C15H21N3S. The minimum Gasteiger partial charge on any atom is -0.385 e. The van der Waals surface area contributed by atoms with Crippen molar-refractivity contribution in [2.45, 2.75) is 19.9 Å². The molecule has 0 aliphatic heterocycles. The number of hydrogen-bond donors (Lipinski definition) is 1. The number of aromatic nitrogens is 1. The van der Waals surface area contributed by atoms with Gasteiger partial charge in [-0.2, -0.15) is 0 Å². The summed E-state index contributed by atoms with van der Waals surface area (Å²) >= 11 is 1.83. The van der Waals surface area contributed by atoms with Crippen molar-refractivity contribution in [2.75, 3.05) is 25.5 Å². The molecular weight excluding hydrogens is 254 g/mol. The highest BCUT2D eigenvalue weighted by atomic mass is 32.1. The molecule has 2 aromatic heterocycles. The summed E-state index contributed by atoms with van der Waals surface area (Å²) < 4.78 is 0. The molecule has 0 amide bonds. The summed E-state index contributed by atoms with van der Waals surface area (Å²) in [5.74, 6) is 0. The second-order valence-electron chi connectivity index (χ2n) is 4.63. The van der Waals surface area contributed by atoms with E-state index in [-0.39, 0.29) is 0 Å². The van der Waals surface area contributed by atoms with Crippen LogP contribution in [0.3, 0.4) is 0 Å². The fourth-order valence-electron chi connectivity index (χ4n) is 1.99. The topological polar surface area (TPSA) is 28.2 Å². The Hall–Kier alpha value is -1.39. The van der Waals surface area contributed by atoms with Crippen LogP contribution in [0.1, 0.15) is 17.5 Å². The van der Waals surface area contributed by atoms with E-state index in [1.165, 1.54) is 4.88 Å². The van der Waals surface area contributed by atoms with Crippen LogP contribution in [0.5, 0.6) is 0 Å². The van der Waals surface area contributed by atoms with E-state index < -0.39 is 0 Å². The van der Waals surface area contributed by atoms with Crippen LogP contribution in [0, 0.1) is 0 Å². The van der Waals surface area contributed by atoms with Gasteiger partial charge < -0.3 is 10.2 Å². The first-order chi connectivity index (χ1) is 9.28.